The molecule has 0 saturated heterocycles. The Hall–Kier alpha value is -1.81. The fraction of sp³-hybridized carbons (Fsp3) is 0.308. The third-order valence-corrected chi connectivity index (χ3v) is 2.90. The molecule has 0 bridgehead atoms. The van der Waals surface area contributed by atoms with Crippen LogP contribution in [0.3, 0.4) is 0 Å². The van der Waals surface area contributed by atoms with E-state index in [0.717, 1.165) is 30.0 Å². The summed E-state index contributed by atoms with van der Waals surface area (Å²) in [6, 6.07) is 9.76. The van der Waals surface area contributed by atoms with Crippen LogP contribution in [0.1, 0.15) is 17.0 Å². The van der Waals surface area contributed by atoms with Crippen LogP contribution in [-0.4, -0.2) is 16.8 Å². The minimum Gasteiger partial charge on any atom is -0.487 e. The predicted molar refractivity (Wildman–Crippen MR) is 62.7 cm³/mol. The highest BCUT2D eigenvalue weighted by Gasteiger charge is 2.17. The van der Waals surface area contributed by atoms with E-state index in [0.29, 0.717) is 13.2 Å². The SMILES string of the molecule is c1ccc(OCc2n[nH]c3c2COCC3)cc1. The molecule has 0 radical (unpaired) electrons. The maximum atomic E-state index is 5.68. The van der Waals surface area contributed by atoms with Crippen LogP contribution >= 0.6 is 0 Å². The van der Waals surface area contributed by atoms with Gasteiger partial charge in [0.1, 0.15) is 18.1 Å². The Balaban J connectivity index is 1.71. The molecule has 4 nitrogen and oxygen atoms in total. The van der Waals surface area contributed by atoms with Gasteiger partial charge in [0, 0.05) is 17.7 Å². The number of hydrogen-bond acceptors (Lipinski definition) is 3. The molecule has 4 heteroatoms. The second kappa shape index (κ2) is 4.59. The van der Waals surface area contributed by atoms with E-state index in [1.807, 2.05) is 30.3 Å². The molecule has 0 aliphatic carbocycles. The van der Waals surface area contributed by atoms with Crippen LogP contribution in [0, 0.1) is 0 Å². The molecule has 1 aromatic heterocycles. The van der Waals surface area contributed by atoms with Crippen LogP contribution in [0.2, 0.25) is 0 Å². The average molecular weight is 230 g/mol. The molecule has 1 aromatic carbocycles. The minimum atomic E-state index is 0.485. The van der Waals surface area contributed by atoms with Gasteiger partial charge in [-0.25, -0.2) is 0 Å². The zero-order valence-corrected chi connectivity index (χ0v) is 9.48. The fourth-order valence-corrected chi connectivity index (χ4v) is 1.96. The van der Waals surface area contributed by atoms with Gasteiger partial charge in [-0.3, -0.25) is 5.10 Å². The van der Waals surface area contributed by atoms with Gasteiger partial charge in [-0.15, -0.1) is 0 Å². The van der Waals surface area contributed by atoms with Gasteiger partial charge in [0.15, 0.2) is 0 Å². The Morgan fingerprint density at radius 3 is 3.06 bits per heavy atom. The molecule has 1 aliphatic rings. The first-order valence-corrected chi connectivity index (χ1v) is 5.74. The lowest BCUT2D eigenvalue weighted by molar-refractivity contribution is 0.108. The van der Waals surface area contributed by atoms with Gasteiger partial charge in [0.25, 0.3) is 0 Å². The first-order chi connectivity index (χ1) is 8.43. The fourth-order valence-electron chi connectivity index (χ4n) is 1.96. The van der Waals surface area contributed by atoms with Crippen molar-refractivity contribution in [2.45, 2.75) is 19.6 Å². The second-order valence-electron chi connectivity index (χ2n) is 4.03. The van der Waals surface area contributed by atoms with Crippen molar-refractivity contribution in [3.8, 4) is 5.75 Å². The topological polar surface area (TPSA) is 47.1 Å². The first-order valence-electron chi connectivity index (χ1n) is 5.74. The molecule has 0 saturated carbocycles. The van der Waals surface area contributed by atoms with Crippen LogP contribution < -0.4 is 4.74 Å². The summed E-state index contributed by atoms with van der Waals surface area (Å²) in [5.74, 6) is 0.862. The summed E-state index contributed by atoms with van der Waals surface area (Å²) in [4.78, 5) is 0. The van der Waals surface area contributed by atoms with Crippen molar-refractivity contribution < 1.29 is 9.47 Å². The van der Waals surface area contributed by atoms with E-state index >= 15 is 0 Å². The molecule has 2 aromatic rings. The summed E-state index contributed by atoms with van der Waals surface area (Å²) in [5.41, 5.74) is 3.29. The maximum absolute atomic E-state index is 5.68. The quantitative estimate of drug-likeness (QED) is 0.878. The number of aromatic amines is 1. The molecule has 0 amide bonds. The standard InChI is InChI=1S/C13H14N2O2/c1-2-4-10(5-3-1)17-9-13-11-8-16-7-6-12(11)14-15-13/h1-5H,6-9H2,(H,14,15). The highest BCUT2D eigenvalue weighted by Crippen LogP contribution is 2.19. The number of nitrogens with one attached hydrogen (secondary N) is 1. The molecule has 17 heavy (non-hydrogen) atoms. The minimum absolute atomic E-state index is 0.485. The van der Waals surface area contributed by atoms with Gasteiger partial charge in [-0.2, -0.15) is 5.10 Å². The van der Waals surface area contributed by atoms with Crippen LogP contribution in [0.5, 0.6) is 5.75 Å². The lowest BCUT2D eigenvalue weighted by atomic mass is 10.1. The Morgan fingerprint density at radius 1 is 1.29 bits per heavy atom. The van der Waals surface area contributed by atoms with Gasteiger partial charge in [0.05, 0.1) is 13.2 Å². The Bertz CT molecular complexity index is 493. The highest BCUT2D eigenvalue weighted by atomic mass is 16.5. The zero-order valence-electron chi connectivity index (χ0n) is 9.48. The van der Waals surface area contributed by atoms with Gasteiger partial charge in [-0.05, 0) is 12.1 Å². The van der Waals surface area contributed by atoms with Crippen LogP contribution in [0.4, 0.5) is 0 Å². The lowest BCUT2D eigenvalue weighted by Crippen LogP contribution is -2.10. The van der Waals surface area contributed by atoms with Crippen molar-refractivity contribution in [2.75, 3.05) is 6.61 Å². The molecule has 1 aliphatic heterocycles. The number of aromatic nitrogens is 2. The summed E-state index contributed by atoms with van der Waals surface area (Å²) in [6.07, 6.45) is 0.910. The van der Waals surface area contributed by atoms with Crippen molar-refractivity contribution in [1.29, 1.82) is 0 Å². The van der Waals surface area contributed by atoms with E-state index in [-0.39, 0.29) is 0 Å². The molecular weight excluding hydrogens is 216 g/mol. The van der Waals surface area contributed by atoms with Gasteiger partial charge in [0.2, 0.25) is 0 Å². The molecule has 0 unspecified atom stereocenters. The van der Waals surface area contributed by atoms with Crippen molar-refractivity contribution >= 4 is 0 Å². The van der Waals surface area contributed by atoms with E-state index in [2.05, 4.69) is 10.2 Å². The van der Waals surface area contributed by atoms with Gasteiger partial charge in [-0.1, -0.05) is 18.2 Å². The first kappa shape index (κ1) is 10.4. The largest absolute Gasteiger partial charge is 0.487 e. The van der Waals surface area contributed by atoms with Crippen molar-refractivity contribution in [3.63, 3.8) is 0 Å². The highest BCUT2D eigenvalue weighted by molar-refractivity contribution is 5.27. The molecule has 3 rings (SSSR count). The Labute approximate surface area is 99.6 Å². The summed E-state index contributed by atoms with van der Waals surface area (Å²) in [7, 11) is 0. The van der Waals surface area contributed by atoms with Crippen LogP contribution in [-0.2, 0) is 24.4 Å². The van der Waals surface area contributed by atoms with Crippen molar-refractivity contribution in [2.24, 2.45) is 0 Å². The van der Waals surface area contributed by atoms with Crippen molar-refractivity contribution in [1.82, 2.24) is 10.2 Å². The van der Waals surface area contributed by atoms with Crippen molar-refractivity contribution in [3.05, 3.63) is 47.3 Å². The smallest absolute Gasteiger partial charge is 0.132 e. The van der Waals surface area contributed by atoms with E-state index in [1.165, 1.54) is 5.69 Å². The molecule has 0 atom stereocenters. The summed E-state index contributed by atoms with van der Waals surface area (Å²) >= 11 is 0. The van der Waals surface area contributed by atoms with E-state index in [9.17, 15) is 0 Å². The van der Waals surface area contributed by atoms with E-state index < -0.39 is 0 Å². The maximum Gasteiger partial charge on any atom is 0.132 e. The number of H-pyrrole nitrogens is 1. The monoisotopic (exact) mass is 230 g/mol. The number of rotatable bonds is 3. The summed E-state index contributed by atoms with van der Waals surface area (Å²) < 4.78 is 11.1. The van der Waals surface area contributed by atoms with Gasteiger partial charge >= 0.3 is 0 Å². The summed E-state index contributed by atoms with van der Waals surface area (Å²) in [6.45, 7) is 1.90. The Morgan fingerprint density at radius 2 is 2.18 bits per heavy atom. The lowest BCUT2D eigenvalue weighted by Gasteiger charge is -2.12. The number of hydrogen-bond donors (Lipinski definition) is 1. The zero-order chi connectivity index (χ0) is 11.5. The molecule has 1 N–H and O–H groups in total. The predicted octanol–water partition coefficient (Wildman–Crippen LogP) is 2.06. The third kappa shape index (κ3) is 2.17. The van der Waals surface area contributed by atoms with Gasteiger partial charge < -0.3 is 9.47 Å². The Kier molecular flexibility index (Phi) is 2.80. The number of nitrogens with zero attached hydrogens (tertiary/aromatic N) is 1. The number of fused-ring (bicyclic) bond motifs is 1. The molecule has 0 spiro atoms. The third-order valence-electron chi connectivity index (χ3n) is 2.90. The van der Waals surface area contributed by atoms with Crippen LogP contribution in [0.25, 0.3) is 0 Å². The normalized spacial score (nSPS) is 14.4. The second-order valence-corrected chi connectivity index (χ2v) is 4.03. The summed E-state index contributed by atoms with van der Waals surface area (Å²) in [5, 5.41) is 7.34. The van der Waals surface area contributed by atoms with E-state index in [4.69, 9.17) is 9.47 Å². The molecule has 2 heterocycles. The number of para-hydroxylation sites is 1. The number of ether oxygens (including phenoxy) is 2. The van der Waals surface area contributed by atoms with Crippen LogP contribution in [0.15, 0.2) is 30.3 Å². The molecule has 88 valence electrons. The molecular formula is C13H14N2O2. The number of benzene rings is 1. The molecule has 0 fully saturated rings. The van der Waals surface area contributed by atoms with E-state index in [1.54, 1.807) is 0 Å². The average Bonchev–Trinajstić information content (AvgIpc) is 2.81.